The van der Waals surface area contributed by atoms with Crippen LogP contribution in [0.5, 0.6) is 0 Å². The van der Waals surface area contributed by atoms with E-state index in [-0.39, 0.29) is 6.61 Å². The number of hydrogen-bond donors (Lipinski definition) is 3. The molecule has 1 amide bonds. The normalized spacial score (nSPS) is 9.67. The van der Waals surface area contributed by atoms with Crippen molar-refractivity contribution < 1.29 is 9.53 Å². The minimum atomic E-state index is -0.791. The van der Waals surface area contributed by atoms with Crippen molar-refractivity contribution in [2.45, 2.75) is 0 Å². The Morgan fingerprint density at radius 2 is 2.27 bits per heavy atom. The molecule has 0 unspecified atom stereocenters. The molecule has 0 saturated carbocycles. The standard InChI is InChI=1S/C9H12ClN3O2/c10-6-1-2-8(7(11)5-6)13-3-4-15-9(12)14/h1-2,5,13H,3-4,11H2,(H2,12,14). The predicted octanol–water partition coefficient (Wildman–Crippen LogP) is 1.43. The van der Waals surface area contributed by atoms with Gasteiger partial charge in [-0.1, -0.05) is 11.6 Å². The Kier molecular flexibility index (Phi) is 4.05. The van der Waals surface area contributed by atoms with Gasteiger partial charge in [0.25, 0.3) is 0 Å². The van der Waals surface area contributed by atoms with Gasteiger partial charge in [-0.15, -0.1) is 0 Å². The Balaban J connectivity index is 2.40. The van der Waals surface area contributed by atoms with E-state index in [4.69, 9.17) is 23.1 Å². The summed E-state index contributed by atoms with van der Waals surface area (Å²) in [5.74, 6) is 0. The number of ether oxygens (including phenoxy) is 1. The number of benzene rings is 1. The molecule has 0 aliphatic carbocycles. The average molecular weight is 230 g/mol. The lowest BCUT2D eigenvalue weighted by Crippen LogP contribution is -2.18. The van der Waals surface area contributed by atoms with Crippen molar-refractivity contribution >= 4 is 29.1 Å². The summed E-state index contributed by atoms with van der Waals surface area (Å²) >= 11 is 5.73. The van der Waals surface area contributed by atoms with Crippen LogP contribution in [-0.4, -0.2) is 19.2 Å². The lowest BCUT2D eigenvalue weighted by Gasteiger charge is -2.09. The summed E-state index contributed by atoms with van der Waals surface area (Å²) in [6.45, 7) is 0.631. The van der Waals surface area contributed by atoms with Crippen LogP contribution in [0.3, 0.4) is 0 Å². The van der Waals surface area contributed by atoms with E-state index in [1.165, 1.54) is 0 Å². The maximum absolute atomic E-state index is 10.3. The highest BCUT2D eigenvalue weighted by Gasteiger charge is 1.99. The summed E-state index contributed by atoms with van der Waals surface area (Å²) in [7, 11) is 0. The molecule has 0 spiro atoms. The first-order valence-corrected chi connectivity index (χ1v) is 4.68. The number of nitrogen functional groups attached to an aromatic ring is 1. The van der Waals surface area contributed by atoms with E-state index in [2.05, 4.69) is 10.1 Å². The third-order valence-electron chi connectivity index (χ3n) is 1.68. The first-order valence-electron chi connectivity index (χ1n) is 4.30. The maximum atomic E-state index is 10.3. The molecular formula is C9H12ClN3O2. The van der Waals surface area contributed by atoms with Gasteiger partial charge in [-0.05, 0) is 18.2 Å². The van der Waals surface area contributed by atoms with Crippen molar-refractivity contribution in [1.82, 2.24) is 0 Å². The number of rotatable bonds is 4. The minimum absolute atomic E-state index is 0.192. The fraction of sp³-hybridized carbons (Fsp3) is 0.222. The highest BCUT2D eigenvalue weighted by Crippen LogP contribution is 2.22. The summed E-state index contributed by atoms with van der Waals surface area (Å²) in [4.78, 5) is 10.3. The van der Waals surface area contributed by atoms with Gasteiger partial charge >= 0.3 is 6.09 Å². The zero-order chi connectivity index (χ0) is 11.3. The van der Waals surface area contributed by atoms with Crippen molar-refractivity contribution in [3.8, 4) is 0 Å². The number of halogens is 1. The quantitative estimate of drug-likeness (QED) is 0.538. The largest absolute Gasteiger partial charge is 0.448 e. The number of carbonyl (C=O) groups is 1. The average Bonchev–Trinajstić information content (AvgIpc) is 2.14. The summed E-state index contributed by atoms with van der Waals surface area (Å²) in [5, 5.41) is 3.55. The number of primary amides is 1. The molecular weight excluding hydrogens is 218 g/mol. The van der Waals surface area contributed by atoms with Crippen LogP contribution in [0.15, 0.2) is 18.2 Å². The van der Waals surface area contributed by atoms with Crippen LogP contribution in [0.25, 0.3) is 0 Å². The molecule has 1 rings (SSSR count). The first-order chi connectivity index (χ1) is 7.09. The monoisotopic (exact) mass is 229 g/mol. The Bertz CT molecular complexity index is 357. The predicted molar refractivity (Wildman–Crippen MR) is 59.9 cm³/mol. The van der Waals surface area contributed by atoms with Gasteiger partial charge in [-0.2, -0.15) is 0 Å². The molecule has 0 aliphatic rings. The number of nitrogens with one attached hydrogen (secondary N) is 1. The van der Waals surface area contributed by atoms with E-state index in [0.29, 0.717) is 17.3 Å². The molecule has 6 heteroatoms. The number of nitrogens with two attached hydrogens (primary N) is 2. The van der Waals surface area contributed by atoms with Gasteiger partial charge in [-0.3, -0.25) is 0 Å². The smallest absolute Gasteiger partial charge is 0.404 e. The number of hydrogen-bond acceptors (Lipinski definition) is 4. The second-order valence-corrected chi connectivity index (χ2v) is 3.26. The van der Waals surface area contributed by atoms with E-state index < -0.39 is 6.09 Å². The van der Waals surface area contributed by atoms with E-state index >= 15 is 0 Å². The van der Waals surface area contributed by atoms with Crippen molar-refractivity contribution in [3.05, 3.63) is 23.2 Å². The summed E-state index contributed by atoms with van der Waals surface area (Å²) in [6.07, 6.45) is -0.791. The maximum Gasteiger partial charge on any atom is 0.404 e. The number of carbonyl (C=O) groups excluding carboxylic acids is 1. The second-order valence-electron chi connectivity index (χ2n) is 2.83. The van der Waals surface area contributed by atoms with Gasteiger partial charge < -0.3 is 21.5 Å². The molecule has 82 valence electrons. The van der Waals surface area contributed by atoms with Crippen LogP contribution in [0.4, 0.5) is 16.2 Å². The van der Waals surface area contributed by atoms with Crippen molar-refractivity contribution in [1.29, 1.82) is 0 Å². The zero-order valence-corrected chi connectivity index (χ0v) is 8.75. The van der Waals surface area contributed by atoms with Gasteiger partial charge in [0, 0.05) is 11.6 Å². The highest BCUT2D eigenvalue weighted by molar-refractivity contribution is 6.31. The Morgan fingerprint density at radius 1 is 1.53 bits per heavy atom. The van der Waals surface area contributed by atoms with Crippen LogP contribution in [0.2, 0.25) is 5.02 Å². The Hall–Kier alpha value is -1.62. The molecule has 15 heavy (non-hydrogen) atoms. The fourth-order valence-corrected chi connectivity index (χ4v) is 1.21. The molecule has 1 aromatic rings. The van der Waals surface area contributed by atoms with E-state index in [1.807, 2.05) is 0 Å². The van der Waals surface area contributed by atoms with Crippen molar-refractivity contribution in [3.63, 3.8) is 0 Å². The molecule has 5 nitrogen and oxygen atoms in total. The van der Waals surface area contributed by atoms with Crippen LogP contribution in [0, 0.1) is 0 Å². The van der Waals surface area contributed by atoms with Crippen LogP contribution in [0.1, 0.15) is 0 Å². The van der Waals surface area contributed by atoms with E-state index in [0.717, 1.165) is 5.69 Å². The molecule has 5 N–H and O–H groups in total. The molecule has 0 saturated heterocycles. The minimum Gasteiger partial charge on any atom is -0.448 e. The van der Waals surface area contributed by atoms with Gasteiger partial charge in [-0.25, -0.2) is 4.79 Å². The lowest BCUT2D eigenvalue weighted by molar-refractivity contribution is 0.161. The van der Waals surface area contributed by atoms with Gasteiger partial charge in [0.1, 0.15) is 6.61 Å². The third kappa shape index (κ3) is 3.95. The lowest BCUT2D eigenvalue weighted by atomic mass is 10.2. The van der Waals surface area contributed by atoms with Gasteiger partial charge in [0.15, 0.2) is 0 Å². The van der Waals surface area contributed by atoms with Crippen LogP contribution >= 0.6 is 11.6 Å². The molecule has 0 aromatic heterocycles. The summed E-state index contributed by atoms with van der Waals surface area (Å²) in [5.41, 5.74) is 11.8. The fourth-order valence-electron chi connectivity index (χ4n) is 1.03. The molecule has 1 aromatic carbocycles. The Labute approximate surface area is 92.3 Å². The molecule has 0 radical (unpaired) electrons. The zero-order valence-electron chi connectivity index (χ0n) is 8.00. The third-order valence-corrected chi connectivity index (χ3v) is 1.91. The SMILES string of the molecule is NC(=O)OCCNc1ccc(Cl)cc1N. The molecule has 0 fully saturated rings. The van der Waals surface area contributed by atoms with E-state index in [9.17, 15) is 4.79 Å². The second kappa shape index (κ2) is 5.31. The molecule has 0 atom stereocenters. The highest BCUT2D eigenvalue weighted by atomic mass is 35.5. The van der Waals surface area contributed by atoms with Crippen LogP contribution in [-0.2, 0) is 4.74 Å². The summed E-state index contributed by atoms with van der Waals surface area (Å²) in [6, 6.07) is 5.11. The summed E-state index contributed by atoms with van der Waals surface area (Å²) < 4.78 is 4.54. The van der Waals surface area contributed by atoms with Crippen LogP contribution < -0.4 is 16.8 Å². The van der Waals surface area contributed by atoms with Crippen molar-refractivity contribution in [2.24, 2.45) is 5.73 Å². The number of anilines is 2. The topological polar surface area (TPSA) is 90.4 Å². The molecule has 0 bridgehead atoms. The Morgan fingerprint density at radius 3 is 2.87 bits per heavy atom. The van der Waals surface area contributed by atoms with Crippen molar-refractivity contribution in [2.75, 3.05) is 24.2 Å². The first kappa shape index (κ1) is 11.5. The number of amides is 1. The van der Waals surface area contributed by atoms with Gasteiger partial charge in [0.2, 0.25) is 0 Å². The molecule has 0 aliphatic heterocycles. The van der Waals surface area contributed by atoms with Gasteiger partial charge in [0.05, 0.1) is 11.4 Å². The molecule has 0 heterocycles. The van der Waals surface area contributed by atoms with E-state index in [1.54, 1.807) is 18.2 Å².